The highest BCUT2D eigenvalue weighted by atomic mass is 16.5. The van der Waals surface area contributed by atoms with Gasteiger partial charge < -0.3 is 19.9 Å². The van der Waals surface area contributed by atoms with Crippen LogP contribution in [0.15, 0.2) is 60.1 Å². The molecule has 1 aliphatic heterocycles. The number of hydrogen-bond acceptors (Lipinski definition) is 4. The molecule has 1 atom stereocenters. The summed E-state index contributed by atoms with van der Waals surface area (Å²) in [5.74, 6) is -0.484. The Morgan fingerprint density at radius 3 is 2.76 bits per heavy atom. The summed E-state index contributed by atoms with van der Waals surface area (Å²) >= 11 is 0. The highest BCUT2D eigenvalue weighted by molar-refractivity contribution is 5.95. The van der Waals surface area contributed by atoms with E-state index in [9.17, 15) is 9.59 Å². The molecule has 2 heterocycles. The van der Waals surface area contributed by atoms with Crippen LogP contribution in [0.25, 0.3) is 11.0 Å². The number of urea groups is 1. The molecule has 0 bridgehead atoms. The maximum absolute atomic E-state index is 12.7. The first-order chi connectivity index (χ1) is 14.0. The molecule has 0 saturated carbocycles. The largest absolute Gasteiger partial charge is 0.466 e. The second-order valence-electron chi connectivity index (χ2n) is 7.14. The Balaban J connectivity index is 1.83. The standard InChI is InChI=1S/C22H22N4O3/c1-13-8-9-15(14(2)10-13)20-19(21(27)29-3)17(24-22(28)25-20)11-26-12-23-16-6-4-5-7-18(16)26/h4-10,12,20H,11H2,1-3H3,(H2,24,25,28)/t20-/m1/s1. The molecule has 0 aliphatic carbocycles. The van der Waals surface area contributed by atoms with Gasteiger partial charge in [-0.25, -0.2) is 14.6 Å². The zero-order valence-electron chi connectivity index (χ0n) is 16.5. The maximum Gasteiger partial charge on any atom is 0.338 e. The predicted molar refractivity (Wildman–Crippen MR) is 109 cm³/mol. The van der Waals surface area contributed by atoms with E-state index in [1.807, 2.05) is 60.9 Å². The van der Waals surface area contributed by atoms with E-state index in [0.29, 0.717) is 17.8 Å². The molecule has 0 spiro atoms. The fraction of sp³-hybridized carbons (Fsp3) is 0.227. The van der Waals surface area contributed by atoms with Gasteiger partial charge in [-0.15, -0.1) is 0 Å². The second-order valence-corrected chi connectivity index (χ2v) is 7.14. The van der Waals surface area contributed by atoms with Crippen LogP contribution in [0.3, 0.4) is 0 Å². The molecule has 0 unspecified atom stereocenters. The van der Waals surface area contributed by atoms with Gasteiger partial charge in [-0.1, -0.05) is 35.9 Å². The van der Waals surface area contributed by atoms with Crippen LogP contribution >= 0.6 is 0 Å². The van der Waals surface area contributed by atoms with E-state index in [1.54, 1.807) is 6.33 Å². The minimum atomic E-state index is -0.596. The van der Waals surface area contributed by atoms with Crippen molar-refractivity contribution in [3.05, 3.63) is 76.8 Å². The lowest BCUT2D eigenvalue weighted by atomic mass is 9.91. The topological polar surface area (TPSA) is 85.2 Å². The second kappa shape index (κ2) is 7.43. The molecule has 148 valence electrons. The number of hydrogen-bond donors (Lipinski definition) is 2. The van der Waals surface area contributed by atoms with Crippen molar-refractivity contribution in [2.24, 2.45) is 0 Å². The number of ether oxygens (including phenoxy) is 1. The number of para-hydroxylation sites is 2. The molecular formula is C22H22N4O3. The van der Waals surface area contributed by atoms with Crippen LogP contribution in [0, 0.1) is 13.8 Å². The summed E-state index contributed by atoms with van der Waals surface area (Å²) in [6.45, 7) is 4.26. The van der Waals surface area contributed by atoms with E-state index in [1.165, 1.54) is 7.11 Å². The number of rotatable bonds is 4. The van der Waals surface area contributed by atoms with Gasteiger partial charge in [0.1, 0.15) is 0 Å². The van der Waals surface area contributed by atoms with Gasteiger partial charge in [-0.3, -0.25) is 0 Å². The van der Waals surface area contributed by atoms with E-state index in [-0.39, 0.29) is 6.03 Å². The number of amides is 2. The summed E-state index contributed by atoms with van der Waals surface area (Å²) < 4.78 is 6.97. The molecule has 3 aromatic rings. The van der Waals surface area contributed by atoms with Crippen LogP contribution in [0.5, 0.6) is 0 Å². The molecule has 29 heavy (non-hydrogen) atoms. The van der Waals surface area contributed by atoms with E-state index < -0.39 is 12.0 Å². The average molecular weight is 390 g/mol. The molecule has 7 heteroatoms. The number of aromatic nitrogens is 2. The van der Waals surface area contributed by atoms with Crippen LogP contribution in [0.4, 0.5) is 4.79 Å². The van der Waals surface area contributed by atoms with Crippen LogP contribution in [0.1, 0.15) is 22.7 Å². The summed E-state index contributed by atoms with van der Waals surface area (Å²) in [6.07, 6.45) is 1.70. The number of aryl methyl sites for hydroxylation is 2. The number of carbonyl (C=O) groups excluding carboxylic acids is 2. The third kappa shape index (κ3) is 3.47. The van der Waals surface area contributed by atoms with Crippen molar-refractivity contribution in [1.82, 2.24) is 20.2 Å². The fourth-order valence-electron chi connectivity index (χ4n) is 3.78. The normalized spacial score (nSPS) is 16.5. The molecule has 7 nitrogen and oxygen atoms in total. The van der Waals surface area contributed by atoms with Crippen molar-refractivity contribution in [3.8, 4) is 0 Å². The van der Waals surface area contributed by atoms with Crippen molar-refractivity contribution in [2.75, 3.05) is 7.11 Å². The Morgan fingerprint density at radius 1 is 1.21 bits per heavy atom. The molecule has 1 aromatic heterocycles. The molecule has 0 fully saturated rings. The van der Waals surface area contributed by atoms with Gasteiger partial charge in [0.25, 0.3) is 0 Å². The SMILES string of the molecule is COC(=O)C1=C(Cn2cnc3ccccc32)NC(=O)N[C@@H]1c1ccc(C)cc1C. The maximum atomic E-state index is 12.7. The van der Waals surface area contributed by atoms with E-state index in [0.717, 1.165) is 27.7 Å². The quantitative estimate of drug-likeness (QED) is 0.670. The first-order valence-corrected chi connectivity index (χ1v) is 9.34. The zero-order valence-corrected chi connectivity index (χ0v) is 16.5. The number of methoxy groups -OCH3 is 1. The van der Waals surface area contributed by atoms with E-state index >= 15 is 0 Å². The highest BCUT2D eigenvalue weighted by Gasteiger charge is 2.34. The van der Waals surface area contributed by atoms with Gasteiger partial charge in [-0.2, -0.15) is 0 Å². The van der Waals surface area contributed by atoms with Crippen molar-refractivity contribution in [1.29, 1.82) is 0 Å². The molecular weight excluding hydrogens is 368 g/mol. The van der Waals surface area contributed by atoms with Crippen LogP contribution < -0.4 is 10.6 Å². The average Bonchev–Trinajstić information content (AvgIpc) is 3.10. The third-order valence-electron chi connectivity index (χ3n) is 5.15. The number of nitrogens with one attached hydrogen (secondary N) is 2. The van der Waals surface area contributed by atoms with Crippen molar-refractivity contribution in [2.45, 2.75) is 26.4 Å². The highest BCUT2D eigenvalue weighted by Crippen LogP contribution is 2.31. The van der Waals surface area contributed by atoms with Gasteiger partial charge >= 0.3 is 12.0 Å². The van der Waals surface area contributed by atoms with E-state index in [2.05, 4.69) is 15.6 Å². The number of fused-ring (bicyclic) bond motifs is 1. The Labute approximate surface area is 168 Å². The van der Waals surface area contributed by atoms with Crippen molar-refractivity contribution in [3.63, 3.8) is 0 Å². The van der Waals surface area contributed by atoms with Crippen LogP contribution in [-0.4, -0.2) is 28.7 Å². The lowest BCUT2D eigenvalue weighted by molar-refractivity contribution is -0.136. The van der Waals surface area contributed by atoms with Crippen molar-refractivity contribution < 1.29 is 14.3 Å². The van der Waals surface area contributed by atoms with Crippen molar-refractivity contribution >= 4 is 23.0 Å². The number of carbonyl (C=O) groups is 2. The zero-order chi connectivity index (χ0) is 20.5. The van der Waals surface area contributed by atoms with Gasteiger partial charge in [0.2, 0.25) is 0 Å². The Morgan fingerprint density at radius 2 is 2.00 bits per heavy atom. The molecule has 0 radical (unpaired) electrons. The number of nitrogens with zero attached hydrogens (tertiary/aromatic N) is 2. The lowest BCUT2D eigenvalue weighted by Gasteiger charge is -2.30. The Kier molecular flexibility index (Phi) is 4.80. The van der Waals surface area contributed by atoms with Gasteiger partial charge in [-0.05, 0) is 37.1 Å². The van der Waals surface area contributed by atoms with Crippen LogP contribution in [-0.2, 0) is 16.1 Å². The summed E-state index contributed by atoms with van der Waals surface area (Å²) in [4.78, 5) is 29.6. The van der Waals surface area contributed by atoms with Gasteiger partial charge in [0, 0.05) is 0 Å². The molecule has 1 aliphatic rings. The number of benzene rings is 2. The summed E-state index contributed by atoms with van der Waals surface area (Å²) in [5.41, 5.74) is 5.61. The Bertz CT molecular complexity index is 1150. The van der Waals surface area contributed by atoms with Gasteiger partial charge in [0.15, 0.2) is 0 Å². The molecule has 2 aromatic carbocycles. The smallest absolute Gasteiger partial charge is 0.338 e. The Hall–Kier alpha value is -3.61. The fourth-order valence-corrected chi connectivity index (χ4v) is 3.78. The van der Waals surface area contributed by atoms with Crippen LogP contribution in [0.2, 0.25) is 0 Å². The number of esters is 1. The lowest BCUT2D eigenvalue weighted by Crippen LogP contribution is -2.47. The molecule has 0 saturated heterocycles. The summed E-state index contributed by atoms with van der Waals surface area (Å²) in [6, 6.07) is 12.7. The summed E-state index contributed by atoms with van der Waals surface area (Å²) in [7, 11) is 1.34. The minimum Gasteiger partial charge on any atom is -0.466 e. The minimum absolute atomic E-state index is 0.291. The molecule has 4 rings (SSSR count). The predicted octanol–water partition coefficient (Wildman–Crippen LogP) is 3.13. The van der Waals surface area contributed by atoms with Gasteiger partial charge in [0.05, 0.1) is 48.3 Å². The molecule has 2 N–H and O–H groups in total. The first-order valence-electron chi connectivity index (χ1n) is 9.34. The third-order valence-corrected chi connectivity index (χ3v) is 5.15. The number of imidazole rings is 1. The first kappa shape index (κ1) is 18.7. The monoisotopic (exact) mass is 390 g/mol. The summed E-state index contributed by atoms with van der Waals surface area (Å²) in [5, 5.41) is 5.67. The number of allylic oxidation sites excluding steroid dienone is 1. The van der Waals surface area contributed by atoms with E-state index in [4.69, 9.17) is 4.74 Å². The molecule has 2 amide bonds.